The Hall–Kier alpha value is -3.48. The van der Waals surface area contributed by atoms with Crippen LogP contribution in [0.2, 0.25) is 0 Å². The molecular weight excluding hydrogens is 407 g/mol. The fraction of sp³-hybridized carbons (Fsp3) is 0.320. The van der Waals surface area contributed by atoms with Crippen LogP contribution in [0.3, 0.4) is 0 Å². The van der Waals surface area contributed by atoms with E-state index < -0.39 is 11.4 Å². The normalized spacial score (nSPS) is 18.4. The molecule has 7 heteroatoms. The number of rotatable bonds is 4. The Bertz CT molecular complexity index is 1150. The average Bonchev–Trinajstić information content (AvgIpc) is 3.19. The largest absolute Gasteiger partial charge is 0.350 e. The molecule has 1 aliphatic heterocycles. The van der Waals surface area contributed by atoms with Gasteiger partial charge in [0.05, 0.1) is 12.2 Å². The first-order valence-corrected chi connectivity index (χ1v) is 10.6. The Morgan fingerprint density at radius 3 is 2.41 bits per heavy atom. The number of hydrogen-bond acceptors (Lipinski definition) is 3. The molecule has 2 heterocycles. The summed E-state index contributed by atoms with van der Waals surface area (Å²) in [6, 6.07) is 17.0. The van der Waals surface area contributed by atoms with Crippen LogP contribution >= 0.6 is 0 Å². The predicted molar refractivity (Wildman–Crippen MR) is 121 cm³/mol. The summed E-state index contributed by atoms with van der Waals surface area (Å²) in [4.78, 5) is 28.6. The monoisotopic (exact) mass is 434 g/mol. The van der Waals surface area contributed by atoms with Crippen LogP contribution in [0.1, 0.15) is 49.4 Å². The number of aromatic nitrogens is 2. The van der Waals surface area contributed by atoms with Crippen LogP contribution in [0.5, 0.6) is 0 Å². The van der Waals surface area contributed by atoms with Crippen molar-refractivity contribution in [1.29, 1.82) is 0 Å². The molecule has 6 nitrogen and oxygen atoms in total. The minimum absolute atomic E-state index is 0.183. The van der Waals surface area contributed by atoms with E-state index in [9.17, 15) is 14.0 Å². The van der Waals surface area contributed by atoms with E-state index in [4.69, 9.17) is 0 Å². The average molecular weight is 435 g/mol. The van der Waals surface area contributed by atoms with Crippen LogP contribution in [0, 0.1) is 5.82 Å². The van der Waals surface area contributed by atoms with Crippen LogP contribution in [0.15, 0.2) is 60.7 Å². The van der Waals surface area contributed by atoms with Crippen LogP contribution < -0.4 is 10.2 Å². The second-order valence-electron chi connectivity index (χ2n) is 9.38. The van der Waals surface area contributed by atoms with Gasteiger partial charge in [-0.2, -0.15) is 5.10 Å². The molecule has 0 saturated heterocycles. The van der Waals surface area contributed by atoms with E-state index >= 15 is 0 Å². The summed E-state index contributed by atoms with van der Waals surface area (Å²) in [7, 11) is 0. The van der Waals surface area contributed by atoms with Crippen LogP contribution in [-0.2, 0) is 23.3 Å². The number of fused-ring (bicyclic) bond motifs is 1. The predicted octanol–water partition coefficient (Wildman–Crippen LogP) is 4.06. The van der Waals surface area contributed by atoms with E-state index in [1.807, 2.05) is 51.1 Å². The molecule has 0 saturated carbocycles. The zero-order valence-corrected chi connectivity index (χ0v) is 18.7. The van der Waals surface area contributed by atoms with Crippen LogP contribution in [0.4, 0.5) is 10.1 Å². The molecule has 0 aliphatic carbocycles. The maximum Gasteiger partial charge on any atom is 0.277 e. The van der Waals surface area contributed by atoms with Gasteiger partial charge >= 0.3 is 0 Å². The Morgan fingerprint density at radius 2 is 1.78 bits per heavy atom. The van der Waals surface area contributed by atoms with Crippen molar-refractivity contribution in [1.82, 2.24) is 15.1 Å². The van der Waals surface area contributed by atoms with Crippen LogP contribution in [-0.4, -0.2) is 27.1 Å². The highest BCUT2D eigenvalue weighted by molar-refractivity contribution is 6.11. The molecule has 0 spiro atoms. The smallest absolute Gasteiger partial charge is 0.277 e. The minimum Gasteiger partial charge on any atom is -0.350 e. The molecule has 166 valence electrons. The lowest BCUT2D eigenvalue weighted by atomic mass is 9.91. The van der Waals surface area contributed by atoms with Crippen LogP contribution in [0.25, 0.3) is 0 Å². The molecule has 2 aromatic carbocycles. The van der Waals surface area contributed by atoms with Gasteiger partial charge in [0.1, 0.15) is 17.1 Å². The van der Waals surface area contributed by atoms with Crippen molar-refractivity contribution in [2.24, 2.45) is 0 Å². The number of nitrogens with one attached hydrogen (secondary N) is 1. The van der Waals surface area contributed by atoms with Gasteiger partial charge in [-0.25, -0.2) is 4.39 Å². The topological polar surface area (TPSA) is 67.2 Å². The van der Waals surface area contributed by atoms with Crippen molar-refractivity contribution in [2.75, 3.05) is 4.90 Å². The zero-order valence-electron chi connectivity index (χ0n) is 18.7. The number of nitrogens with zero attached hydrogens (tertiary/aromatic N) is 3. The number of amides is 2. The number of halogens is 1. The highest BCUT2D eigenvalue weighted by atomic mass is 19.1. The molecule has 32 heavy (non-hydrogen) atoms. The van der Waals surface area contributed by atoms with Gasteiger partial charge in [-0.15, -0.1) is 0 Å². The molecule has 1 N–H and O–H groups in total. The van der Waals surface area contributed by atoms with E-state index in [2.05, 4.69) is 10.4 Å². The molecule has 3 aromatic rings. The summed E-state index contributed by atoms with van der Waals surface area (Å²) in [6.07, 6.45) is 0. The standard InChI is InChI=1S/C25H27FN4O2/c1-24(2,3)21-14-20-22(31)30(19-12-10-18(26)11-13-19)25(4,16-29(20)28-21)23(32)27-15-17-8-6-5-7-9-17/h5-14H,15-16H2,1-4H3,(H,27,32)/t25-/m1/s1. The van der Waals surface area contributed by atoms with Gasteiger partial charge in [-0.05, 0) is 42.8 Å². The molecule has 1 atom stereocenters. The molecule has 4 rings (SSSR count). The third-order valence-electron chi connectivity index (χ3n) is 5.79. The second kappa shape index (κ2) is 7.89. The molecule has 1 aliphatic rings. The number of anilines is 1. The number of carbonyl (C=O) groups excluding carboxylic acids is 2. The minimum atomic E-state index is -1.25. The van der Waals surface area contributed by atoms with E-state index in [0.29, 0.717) is 17.9 Å². The first-order chi connectivity index (χ1) is 15.1. The lowest BCUT2D eigenvalue weighted by Crippen LogP contribution is -2.64. The highest BCUT2D eigenvalue weighted by Crippen LogP contribution is 2.34. The van der Waals surface area contributed by atoms with E-state index in [0.717, 1.165) is 11.3 Å². The molecule has 1 aromatic heterocycles. The quantitative estimate of drug-likeness (QED) is 0.674. The highest BCUT2D eigenvalue weighted by Gasteiger charge is 2.49. The Labute approximate surface area is 187 Å². The van der Waals surface area contributed by atoms with Gasteiger partial charge in [0.2, 0.25) is 5.91 Å². The molecule has 0 fully saturated rings. The van der Waals surface area contributed by atoms with Crippen molar-refractivity contribution < 1.29 is 14.0 Å². The summed E-state index contributed by atoms with van der Waals surface area (Å²) in [5.74, 6) is -1.06. The number of benzene rings is 2. The number of hydrogen-bond donors (Lipinski definition) is 1. The molecule has 0 unspecified atom stereocenters. The lowest BCUT2D eigenvalue weighted by Gasteiger charge is -2.43. The summed E-state index contributed by atoms with van der Waals surface area (Å²) in [6.45, 7) is 8.30. The maximum atomic E-state index is 13.6. The van der Waals surface area contributed by atoms with Crippen molar-refractivity contribution in [2.45, 2.75) is 51.7 Å². The summed E-state index contributed by atoms with van der Waals surface area (Å²) in [5.41, 5.74) is 1.09. The first-order valence-electron chi connectivity index (χ1n) is 10.6. The molecule has 2 amide bonds. The van der Waals surface area contributed by atoms with E-state index in [-0.39, 0.29) is 23.8 Å². The Morgan fingerprint density at radius 1 is 1.12 bits per heavy atom. The maximum absolute atomic E-state index is 13.6. The SMILES string of the molecule is CC(C)(C)c1cc2n(n1)C[C@](C)(C(=O)NCc1ccccc1)N(c1ccc(F)cc1)C2=O. The van der Waals surface area contributed by atoms with Gasteiger partial charge in [0, 0.05) is 17.6 Å². The molecule has 0 bridgehead atoms. The fourth-order valence-electron chi connectivity index (χ4n) is 3.91. The fourth-order valence-corrected chi connectivity index (χ4v) is 3.91. The third-order valence-corrected chi connectivity index (χ3v) is 5.79. The Kier molecular flexibility index (Phi) is 5.36. The van der Waals surface area contributed by atoms with Gasteiger partial charge in [-0.1, -0.05) is 51.1 Å². The molecule has 0 radical (unpaired) electrons. The second-order valence-corrected chi connectivity index (χ2v) is 9.38. The summed E-state index contributed by atoms with van der Waals surface area (Å²) in [5, 5.41) is 7.60. The zero-order chi connectivity index (χ0) is 23.1. The van der Waals surface area contributed by atoms with E-state index in [1.165, 1.54) is 29.2 Å². The van der Waals surface area contributed by atoms with Crippen molar-refractivity contribution in [3.8, 4) is 0 Å². The van der Waals surface area contributed by atoms with Gasteiger partial charge in [-0.3, -0.25) is 19.2 Å². The third kappa shape index (κ3) is 3.90. The summed E-state index contributed by atoms with van der Waals surface area (Å²) < 4.78 is 15.2. The van der Waals surface area contributed by atoms with Gasteiger partial charge in [0.25, 0.3) is 5.91 Å². The van der Waals surface area contributed by atoms with Gasteiger partial charge in [0.15, 0.2) is 0 Å². The van der Waals surface area contributed by atoms with Crippen molar-refractivity contribution in [3.63, 3.8) is 0 Å². The number of carbonyl (C=O) groups is 2. The Balaban J connectivity index is 1.74. The lowest BCUT2D eigenvalue weighted by molar-refractivity contribution is -0.126. The first kappa shape index (κ1) is 21.7. The van der Waals surface area contributed by atoms with E-state index in [1.54, 1.807) is 17.7 Å². The molecular formula is C25H27FN4O2. The van der Waals surface area contributed by atoms with Gasteiger partial charge < -0.3 is 5.32 Å². The summed E-state index contributed by atoms with van der Waals surface area (Å²) >= 11 is 0. The van der Waals surface area contributed by atoms with Crippen molar-refractivity contribution in [3.05, 3.63) is 83.4 Å². The van der Waals surface area contributed by atoms with Crippen molar-refractivity contribution >= 4 is 17.5 Å².